The van der Waals surface area contributed by atoms with Crippen molar-refractivity contribution in [1.82, 2.24) is 5.32 Å². The van der Waals surface area contributed by atoms with Crippen molar-refractivity contribution in [2.45, 2.75) is 26.7 Å². The first-order valence-corrected chi connectivity index (χ1v) is 6.58. The maximum absolute atomic E-state index is 13.2. The first-order valence-electron chi connectivity index (χ1n) is 6.58. The summed E-state index contributed by atoms with van der Waals surface area (Å²) in [4.78, 5) is 21.8. The highest BCUT2D eigenvalue weighted by molar-refractivity contribution is 5.94. The molecular formula is C14H17FN2O3. The lowest BCUT2D eigenvalue weighted by atomic mass is 9.92. The van der Waals surface area contributed by atoms with Gasteiger partial charge in [-0.25, -0.2) is 0 Å². The molecule has 0 aromatic heterocycles. The monoisotopic (exact) mass is 280 g/mol. The van der Waals surface area contributed by atoms with Crippen molar-refractivity contribution in [2.24, 2.45) is 11.3 Å². The summed E-state index contributed by atoms with van der Waals surface area (Å²) in [5.74, 6) is -0.863. The Labute approximate surface area is 116 Å². The molecule has 0 aliphatic heterocycles. The molecule has 2 rings (SSSR count). The van der Waals surface area contributed by atoms with E-state index in [1.165, 1.54) is 6.07 Å². The maximum Gasteiger partial charge on any atom is 0.305 e. The largest absolute Gasteiger partial charge is 0.351 e. The molecule has 1 aliphatic carbocycles. The number of nitro benzene ring substituents is 1. The van der Waals surface area contributed by atoms with E-state index in [0.29, 0.717) is 12.5 Å². The van der Waals surface area contributed by atoms with Gasteiger partial charge in [-0.1, -0.05) is 13.8 Å². The molecule has 108 valence electrons. The number of hydrogen-bond donors (Lipinski definition) is 1. The lowest BCUT2D eigenvalue weighted by Gasteiger charge is -2.19. The van der Waals surface area contributed by atoms with Crippen molar-refractivity contribution >= 4 is 11.6 Å². The average molecular weight is 280 g/mol. The molecule has 1 saturated carbocycles. The summed E-state index contributed by atoms with van der Waals surface area (Å²) in [5, 5.41) is 13.4. The van der Waals surface area contributed by atoms with Crippen molar-refractivity contribution in [3.63, 3.8) is 0 Å². The van der Waals surface area contributed by atoms with Crippen LogP contribution in [0.15, 0.2) is 18.2 Å². The molecule has 0 bridgehead atoms. The second-order valence-electron chi connectivity index (χ2n) is 5.62. The lowest BCUT2D eigenvalue weighted by Crippen LogP contribution is -2.32. The summed E-state index contributed by atoms with van der Waals surface area (Å²) in [6, 6.07) is 3.18. The predicted molar refractivity (Wildman–Crippen MR) is 71.9 cm³/mol. The van der Waals surface area contributed by atoms with Crippen molar-refractivity contribution in [2.75, 3.05) is 6.54 Å². The van der Waals surface area contributed by atoms with Gasteiger partial charge in [0.1, 0.15) is 0 Å². The van der Waals surface area contributed by atoms with Crippen molar-refractivity contribution in [3.05, 3.63) is 39.7 Å². The van der Waals surface area contributed by atoms with Crippen LogP contribution in [0.4, 0.5) is 10.1 Å². The van der Waals surface area contributed by atoms with Gasteiger partial charge in [0.15, 0.2) is 0 Å². The molecular weight excluding hydrogens is 263 g/mol. The Morgan fingerprint density at radius 2 is 2.15 bits per heavy atom. The number of benzene rings is 1. The molecule has 0 heterocycles. The number of nitrogens with zero attached hydrogens (tertiary/aromatic N) is 1. The number of carbonyl (C=O) groups excluding carboxylic acids is 1. The molecule has 1 aromatic rings. The van der Waals surface area contributed by atoms with Crippen LogP contribution >= 0.6 is 0 Å². The standard InChI is InChI=1S/C14H17FN2O3/c1-9(2)14(5-6-14)8-16-13(18)10-3-4-11(15)12(7-10)17(19)20/h3-4,7,9H,5-6,8H2,1-2H3,(H,16,18). The summed E-state index contributed by atoms with van der Waals surface area (Å²) in [6.45, 7) is 4.78. The van der Waals surface area contributed by atoms with Gasteiger partial charge in [-0.05, 0) is 36.3 Å². The SMILES string of the molecule is CC(C)C1(CNC(=O)c2ccc(F)c([N+](=O)[O-])c2)CC1. The highest BCUT2D eigenvalue weighted by Gasteiger charge is 2.45. The smallest absolute Gasteiger partial charge is 0.305 e. The van der Waals surface area contributed by atoms with Crippen molar-refractivity contribution in [1.29, 1.82) is 0 Å². The predicted octanol–water partition coefficient (Wildman–Crippen LogP) is 2.90. The van der Waals surface area contributed by atoms with Crippen LogP contribution in [0.3, 0.4) is 0 Å². The Balaban J connectivity index is 2.06. The van der Waals surface area contributed by atoms with Gasteiger partial charge in [-0.15, -0.1) is 0 Å². The molecule has 0 spiro atoms. The number of hydrogen-bond acceptors (Lipinski definition) is 3. The van der Waals surface area contributed by atoms with Crippen molar-refractivity contribution < 1.29 is 14.1 Å². The van der Waals surface area contributed by atoms with Gasteiger partial charge in [-0.2, -0.15) is 4.39 Å². The Bertz CT molecular complexity index is 553. The minimum atomic E-state index is -0.938. The van der Waals surface area contributed by atoms with E-state index < -0.39 is 22.3 Å². The van der Waals surface area contributed by atoms with Crippen molar-refractivity contribution in [3.8, 4) is 0 Å². The molecule has 1 N–H and O–H groups in total. The molecule has 0 saturated heterocycles. The second-order valence-corrected chi connectivity index (χ2v) is 5.62. The fraction of sp³-hybridized carbons (Fsp3) is 0.500. The van der Waals surface area contributed by atoms with E-state index in [1.807, 2.05) is 0 Å². The van der Waals surface area contributed by atoms with E-state index >= 15 is 0 Å². The van der Waals surface area contributed by atoms with Crippen LogP contribution in [0.2, 0.25) is 0 Å². The van der Waals surface area contributed by atoms with Gasteiger partial charge in [0.2, 0.25) is 5.82 Å². The second kappa shape index (κ2) is 5.19. The zero-order chi connectivity index (χ0) is 14.9. The summed E-state index contributed by atoms with van der Waals surface area (Å²) in [7, 11) is 0. The molecule has 0 atom stereocenters. The Morgan fingerprint density at radius 1 is 1.50 bits per heavy atom. The first kappa shape index (κ1) is 14.4. The summed E-state index contributed by atoms with van der Waals surface area (Å²) in [6.07, 6.45) is 2.16. The molecule has 5 nitrogen and oxygen atoms in total. The number of amides is 1. The zero-order valence-electron chi connectivity index (χ0n) is 11.5. The van der Waals surface area contributed by atoms with E-state index in [4.69, 9.17) is 0 Å². The highest BCUT2D eigenvalue weighted by atomic mass is 19.1. The summed E-state index contributed by atoms with van der Waals surface area (Å²) < 4.78 is 13.2. The number of nitrogens with one attached hydrogen (secondary N) is 1. The third kappa shape index (κ3) is 2.79. The van der Waals surface area contributed by atoms with Gasteiger partial charge >= 0.3 is 5.69 Å². The number of nitro groups is 1. The van der Waals surface area contributed by atoms with Gasteiger partial charge in [0.25, 0.3) is 5.91 Å². The normalized spacial score (nSPS) is 16.0. The number of carbonyl (C=O) groups is 1. The molecule has 1 aromatic carbocycles. The van der Waals surface area contributed by atoms with Gasteiger partial charge in [-0.3, -0.25) is 14.9 Å². The minimum Gasteiger partial charge on any atom is -0.351 e. The third-order valence-corrected chi connectivity index (χ3v) is 4.12. The van der Waals surface area contributed by atoms with Gasteiger partial charge < -0.3 is 5.32 Å². The first-order chi connectivity index (χ1) is 9.35. The number of rotatable bonds is 5. The molecule has 1 amide bonds. The molecule has 1 aliphatic rings. The average Bonchev–Trinajstić information content (AvgIpc) is 3.17. The van der Waals surface area contributed by atoms with Crippen LogP contribution in [0, 0.1) is 27.3 Å². The minimum absolute atomic E-state index is 0.109. The van der Waals surface area contributed by atoms with Crippen LogP contribution in [-0.4, -0.2) is 17.4 Å². The van der Waals surface area contributed by atoms with Crippen LogP contribution in [0.25, 0.3) is 0 Å². The highest BCUT2D eigenvalue weighted by Crippen LogP contribution is 2.51. The quantitative estimate of drug-likeness (QED) is 0.665. The molecule has 0 radical (unpaired) electrons. The zero-order valence-corrected chi connectivity index (χ0v) is 11.5. The van der Waals surface area contributed by atoms with Crippen LogP contribution in [0.5, 0.6) is 0 Å². The third-order valence-electron chi connectivity index (χ3n) is 4.12. The summed E-state index contributed by atoms with van der Waals surface area (Å²) in [5.41, 5.74) is -0.415. The Morgan fingerprint density at radius 3 is 2.65 bits per heavy atom. The van der Waals surface area contributed by atoms with Crippen LogP contribution < -0.4 is 5.32 Å². The van der Waals surface area contributed by atoms with E-state index in [1.54, 1.807) is 0 Å². The van der Waals surface area contributed by atoms with Gasteiger partial charge in [0, 0.05) is 18.2 Å². The van der Waals surface area contributed by atoms with E-state index in [0.717, 1.165) is 25.0 Å². The Kier molecular flexibility index (Phi) is 3.74. The lowest BCUT2D eigenvalue weighted by molar-refractivity contribution is -0.387. The topological polar surface area (TPSA) is 72.2 Å². The van der Waals surface area contributed by atoms with Crippen LogP contribution in [0.1, 0.15) is 37.0 Å². The number of halogens is 1. The van der Waals surface area contributed by atoms with E-state index in [-0.39, 0.29) is 11.0 Å². The Hall–Kier alpha value is -1.98. The van der Waals surface area contributed by atoms with Crippen LogP contribution in [-0.2, 0) is 0 Å². The van der Waals surface area contributed by atoms with E-state index in [2.05, 4.69) is 19.2 Å². The summed E-state index contributed by atoms with van der Waals surface area (Å²) >= 11 is 0. The fourth-order valence-corrected chi connectivity index (χ4v) is 2.27. The van der Waals surface area contributed by atoms with Gasteiger partial charge in [0.05, 0.1) is 4.92 Å². The molecule has 1 fully saturated rings. The molecule has 0 unspecified atom stereocenters. The molecule has 6 heteroatoms. The maximum atomic E-state index is 13.2. The fourth-order valence-electron chi connectivity index (χ4n) is 2.27. The van der Waals surface area contributed by atoms with E-state index in [9.17, 15) is 19.3 Å². The molecule has 20 heavy (non-hydrogen) atoms.